The van der Waals surface area contributed by atoms with Gasteiger partial charge in [-0.3, -0.25) is 0 Å². The standard InChI is InChI=1S/C11H11NO3/c1-3-8-11(13)15-10-6-7(14-2)4-5-9(10)12-8/h4-6H,3H2,1-2H3. The van der Waals surface area contributed by atoms with Crippen LogP contribution in [0.5, 0.6) is 5.75 Å². The van der Waals surface area contributed by atoms with E-state index in [4.69, 9.17) is 9.15 Å². The molecule has 0 saturated carbocycles. The van der Waals surface area contributed by atoms with Crippen molar-refractivity contribution in [3.63, 3.8) is 0 Å². The van der Waals surface area contributed by atoms with Gasteiger partial charge in [-0.1, -0.05) is 6.92 Å². The van der Waals surface area contributed by atoms with Gasteiger partial charge in [-0.25, -0.2) is 9.78 Å². The molecule has 0 bridgehead atoms. The summed E-state index contributed by atoms with van der Waals surface area (Å²) in [5.74, 6) is 0.650. The minimum absolute atomic E-state index is 0.377. The summed E-state index contributed by atoms with van der Waals surface area (Å²) >= 11 is 0. The molecule has 0 amide bonds. The zero-order chi connectivity index (χ0) is 10.8. The minimum Gasteiger partial charge on any atom is -0.497 e. The molecule has 0 radical (unpaired) electrons. The highest BCUT2D eigenvalue weighted by molar-refractivity contribution is 5.73. The molecule has 0 aliphatic heterocycles. The third kappa shape index (κ3) is 1.70. The molecule has 78 valence electrons. The Morgan fingerprint density at radius 2 is 2.27 bits per heavy atom. The monoisotopic (exact) mass is 205 g/mol. The van der Waals surface area contributed by atoms with Crippen molar-refractivity contribution in [2.45, 2.75) is 13.3 Å². The average Bonchev–Trinajstić information content (AvgIpc) is 2.27. The van der Waals surface area contributed by atoms with Crippen LogP contribution in [0, 0.1) is 0 Å². The Morgan fingerprint density at radius 3 is 2.93 bits per heavy atom. The minimum atomic E-state index is -0.377. The first-order valence-corrected chi connectivity index (χ1v) is 4.72. The lowest BCUT2D eigenvalue weighted by molar-refractivity contribution is 0.414. The Morgan fingerprint density at radius 1 is 1.47 bits per heavy atom. The maximum absolute atomic E-state index is 11.4. The number of aryl methyl sites for hydroxylation is 1. The third-order valence-corrected chi connectivity index (χ3v) is 2.20. The second kappa shape index (κ2) is 3.73. The first-order chi connectivity index (χ1) is 7.24. The summed E-state index contributed by atoms with van der Waals surface area (Å²) in [4.78, 5) is 15.6. The second-order valence-electron chi connectivity index (χ2n) is 3.14. The Balaban J connectivity index is 2.70. The van der Waals surface area contributed by atoms with Gasteiger partial charge in [-0.15, -0.1) is 0 Å². The fraction of sp³-hybridized carbons (Fsp3) is 0.273. The van der Waals surface area contributed by atoms with Crippen LogP contribution in [0.4, 0.5) is 0 Å². The molecule has 0 N–H and O–H groups in total. The molecule has 4 nitrogen and oxygen atoms in total. The summed E-state index contributed by atoms with van der Waals surface area (Å²) in [6, 6.07) is 5.22. The first-order valence-electron chi connectivity index (χ1n) is 4.72. The number of benzene rings is 1. The van der Waals surface area contributed by atoms with E-state index >= 15 is 0 Å². The molecule has 4 heteroatoms. The average molecular weight is 205 g/mol. The summed E-state index contributed by atoms with van der Waals surface area (Å²) in [5, 5.41) is 0. The molecule has 1 aromatic carbocycles. The third-order valence-electron chi connectivity index (χ3n) is 2.20. The number of ether oxygens (including phenoxy) is 1. The normalized spacial score (nSPS) is 10.5. The Hall–Kier alpha value is -1.84. The number of fused-ring (bicyclic) bond motifs is 1. The predicted molar refractivity (Wildman–Crippen MR) is 56.2 cm³/mol. The van der Waals surface area contributed by atoms with Crippen LogP contribution in [0.3, 0.4) is 0 Å². The van der Waals surface area contributed by atoms with Crippen LogP contribution in [0.15, 0.2) is 27.4 Å². The number of hydrogen-bond acceptors (Lipinski definition) is 4. The van der Waals surface area contributed by atoms with E-state index in [1.165, 1.54) is 0 Å². The van der Waals surface area contributed by atoms with Crippen LogP contribution < -0.4 is 10.4 Å². The van der Waals surface area contributed by atoms with Crippen LogP contribution in [0.1, 0.15) is 12.6 Å². The number of aromatic nitrogens is 1. The molecule has 2 aromatic rings. The highest BCUT2D eigenvalue weighted by Gasteiger charge is 2.05. The summed E-state index contributed by atoms with van der Waals surface area (Å²) < 4.78 is 10.2. The van der Waals surface area contributed by atoms with Crippen LogP contribution >= 0.6 is 0 Å². The van der Waals surface area contributed by atoms with E-state index in [0.29, 0.717) is 29.0 Å². The summed E-state index contributed by atoms with van der Waals surface area (Å²) in [6.45, 7) is 1.87. The van der Waals surface area contributed by atoms with Gasteiger partial charge in [0.15, 0.2) is 5.58 Å². The SMILES string of the molecule is CCc1nc2ccc(OC)cc2oc1=O. The molecular weight excluding hydrogens is 194 g/mol. The smallest absolute Gasteiger partial charge is 0.358 e. The number of rotatable bonds is 2. The molecule has 0 unspecified atom stereocenters. The van der Waals surface area contributed by atoms with E-state index < -0.39 is 0 Å². The fourth-order valence-electron chi connectivity index (χ4n) is 1.37. The van der Waals surface area contributed by atoms with Crippen molar-refractivity contribution in [3.8, 4) is 5.75 Å². The van der Waals surface area contributed by atoms with Crippen molar-refractivity contribution in [2.75, 3.05) is 7.11 Å². The highest BCUT2D eigenvalue weighted by atomic mass is 16.5. The zero-order valence-corrected chi connectivity index (χ0v) is 8.61. The molecule has 0 aliphatic carbocycles. The quantitative estimate of drug-likeness (QED) is 0.749. The van der Waals surface area contributed by atoms with E-state index in [0.717, 1.165) is 0 Å². The van der Waals surface area contributed by atoms with Gasteiger partial charge < -0.3 is 9.15 Å². The van der Waals surface area contributed by atoms with Gasteiger partial charge in [-0.05, 0) is 18.6 Å². The van der Waals surface area contributed by atoms with Gasteiger partial charge in [0.25, 0.3) is 0 Å². The lowest BCUT2D eigenvalue weighted by Gasteiger charge is -2.01. The predicted octanol–water partition coefficient (Wildman–Crippen LogP) is 1.76. The number of methoxy groups -OCH3 is 1. The lowest BCUT2D eigenvalue weighted by atomic mass is 10.3. The van der Waals surface area contributed by atoms with Crippen molar-refractivity contribution >= 4 is 11.1 Å². The van der Waals surface area contributed by atoms with Gasteiger partial charge in [0.1, 0.15) is 17.0 Å². The Labute approximate surface area is 86.5 Å². The van der Waals surface area contributed by atoms with Gasteiger partial charge in [0.2, 0.25) is 0 Å². The van der Waals surface area contributed by atoms with E-state index in [-0.39, 0.29) is 5.63 Å². The van der Waals surface area contributed by atoms with Gasteiger partial charge in [0.05, 0.1) is 7.11 Å². The van der Waals surface area contributed by atoms with E-state index in [9.17, 15) is 4.79 Å². The summed E-state index contributed by atoms with van der Waals surface area (Å²) in [5.41, 5.74) is 1.20. The van der Waals surface area contributed by atoms with Gasteiger partial charge in [-0.2, -0.15) is 0 Å². The summed E-state index contributed by atoms with van der Waals surface area (Å²) in [7, 11) is 1.56. The van der Waals surface area contributed by atoms with Crippen LogP contribution in [0.25, 0.3) is 11.1 Å². The van der Waals surface area contributed by atoms with E-state index in [1.54, 1.807) is 25.3 Å². The molecule has 0 saturated heterocycles. The molecular formula is C11H11NO3. The van der Waals surface area contributed by atoms with Crippen LogP contribution in [-0.4, -0.2) is 12.1 Å². The lowest BCUT2D eigenvalue weighted by Crippen LogP contribution is -2.08. The van der Waals surface area contributed by atoms with Crippen molar-refractivity contribution in [1.29, 1.82) is 0 Å². The van der Waals surface area contributed by atoms with Crippen LogP contribution in [0.2, 0.25) is 0 Å². The van der Waals surface area contributed by atoms with E-state index in [2.05, 4.69) is 4.98 Å². The topological polar surface area (TPSA) is 52.3 Å². The molecule has 0 fully saturated rings. The Bertz CT molecular complexity index is 545. The number of hydrogen-bond donors (Lipinski definition) is 0. The second-order valence-corrected chi connectivity index (χ2v) is 3.14. The van der Waals surface area contributed by atoms with Gasteiger partial charge in [0, 0.05) is 6.07 Å². The van der Waals surface area contributed by atoms with Crippen LogP contribution in [-0.2, 0) is 6.42 Å². The van der Waals surface area contributed by atoms with Crippen molar-refractivity contribution in [1.82, 2.24) is 4.98 Å². The highest BCUT2D eigenvalue weighted by Crippen LogP contribution is 2.17. The van der Waals surface area contributed by atoms with Crippen molar-refractivity contribution in [3.05, 3.63) is 34.3 Å². The van der Waals surface area contributed by atoms with Gasteiger partial charge >= 0.3 is 5.63 Å². The summed E-state index contributed by atoms with van der Waals surface area (Å²) in [6.07, 6.45) is 0.574. The maximum atomic E-state index is 11.4. The number of nitrogens with zero attached hydrogens (tertiary/aromatic N) is 1. The molecule has 1 heterocycles. The molecule has 0 atom stereocenters. The Kier molecular flexibility index (Phi) is 2.41. The largest absolute Gasteiger partial charge is 0.497 e. The molecule has 0 spiro atoms. The molecule has 0 aliphatic rings. The van der Waals surface area contributed by atoms with Crippen molar-refractivity contribution in [2.24, 2.45) is 0 Å². The molecule has 2 rings (SSSR count). The molecule has 1 aromatic heterocycles. The van der Waals surface area contributed by atoms with Crippen molar-refractivity contribution < 1.29 is 9.15 Å². The zero-order valence-electron chi connectivity index (χ0n) is 8.61. The van der Waals surface area contributed by atoms with E-state index in [1.807, 2.05) is 6.92 Å². The fourth-order valence-corrected chi connectivity index (χ4v) is 1.37. The maximum Gasteiger partial charge on any atom is 0.358 e. The first kappa shape index (κ1) is 9.71. The molecule has 15 heavy (non-hydrogen) atoms.